The number of hydrogen-bond donors (Lipinski definition) is 0. The fourth-order valence-corrected chi connectivity index (χ4v) is 2.71. The monoisotopic (exact) mass is 332 g/mol. The molecule has 0 bridgehead atoms. The van der Waals surface area contributed by atoms with Crippen LogP contribution in [-0.2, 0) is 11.3 Å². The lowest BCUT2D eigenvalue weighted by Gasteiger charge is -2.34. The van der Waals surface area contributed by atoms with Gasteiger partial charge in [0.25, 0.3) is 0 Å². The Kier molecular flexibility index (Phi) is 5.56. The van der Waals surface area contributed by atoms with Gasteiger partial charge in [-0.1, -0.05) is 6.07 Å². The standard InChI is InChI=1S/C14H17ClN2O3.ClH/c15-8-14(18)17-5-3-16(4-6-17)9-11-1-2-12-13(7-11)20-10-19-12;/h1-2,7H,3-6,8-10H2;1H. The van der Waals surface area contributed by atoms with E-state index in [1.165, 1.54) is 5.56 Å². The summed E-state index contributed by atoms with van der Waals surface area (Å²) in [4.78, 5) is 15.7. The van der Waals surface area contributed by atoms with Gasteiger partial charge in [0.2, 0.25) is 12.7 Å². The van der Waals surface area contributed by atoms with Crippen LogP contribution < -0.4 is 9.47 Å². The van der Waals surface area contributed by atoms with E-state index in [1.54, 1.807) is 0 Å². The van der Waals surface area contributed by atoms with E-state index >= 15 is 0 Å². The molecule has 1 amide bonds. The maximum absolute atomic E-state index is 11.5. The minimum absolute atomic E-state index is 0. The van der Waals surface area contributed by atoms with E-state index in [9.17, 15) is 4.79 Å². The molecule has 0 saturated carbocycles. The third-order valence-electron chi connectivity index (χ3n) is 3.68. The number of ether oxygens (including phenoxy) is 2. The van der Waals surface area contributed by atoms with Gasteiger partial charge in [-0.3, -0.25) is 9.69 Å². The average Bonchev–Trinajstić information content (AvgIpc) is 2.95. The third-order valence-corrected chi connectivity index (χ3v) is 3.91. The number of piperazine rings is 1. The molecule has 0 radical (unpaired) electrons. The van der Waals surface area contributed by atoms with Crippen LogP contribution in [0.1, 0.15) is 5.56 Å². The quantitative estimate of drug-likeness (QED) is 0.790. The zero-order valence-electron chi connectivity index (χ0n) is 11.6. The molecule has 0 unspecified atom stereocenters. The highest BCUT2D eigenvalue weighted by molar-refractivity contribution is 6.27. The number of rotatable bonds is 3. The predicted octanol–water partition coefficient (Wildman–Crippen LogP) is 1.72. The van der Waals surface area contributed by atoms with Crippen molar-refractivity contribution in [2.45, 2.75) is 6.54 Å². The normalized spacial score (nSPS) is 17.5. The molecule has 0 aliphatic carbocycles. The molecular weight excluding hydrogens is 315 g/mol. The number of benzene rings is 1. The first-order valence-electron chi connectivity index (χ1n) is 6.71. The van der Waals surface area contributed by atoms with Gasteiger partial charge in [-0.25, -0.2) is 0 Å². The number of carbonyl (C=O) groups is 1. The Hall–Kier alpha value is -1.17. The second kappa shape index (κ2) is 7.20. The summed E-state index contributed by atoms with van der Waals surface area (Å²) in [5.74, 6) is 1.72. The molecule has 1 fully saturated rings. The Morgan fingerprint density at radius 1 is 1.14 bits per heavy atom. The van der Waals surface area contributed by atoms with Crippen LogP contribution in [0, 0.1) is 0 Å². The summed E-state index contributed by atoms with van der Waals surface area (Å²) in [7, 11) is 0. The van der Waals surface area contributed by atoms with Gasteiger partial charge in [-0.15, -0.1) is 24.0 Å². The fourth-order valence-electron chi connectivity index (χ4n) is 2.54. The summed E-state index contributed by atoms with van der Waals surface area (Å²) < 4.78 is 10.7. The van der Waals surface area contributed by atoms with E-state index in [4.69, 9.17) is 21.1 Å². The molecule has 5 nitrogen and oxygen atoms in total. The van der Waals surface area contributed by atoms with E-state index in [0.717, 1.165) is 44.2 Å². The molecule has 3 rings (SSSR count). The number of nitrogens with zero attached hydrogens (tertiary/aromatic N) is 2. The highest BCUT2D eigenvalue weighted by atomic mass is 35.5. The van der Waals surface area contributed by atoms with Crippen molar-refractivity contribution < 1.29 is 14.3 Å². The summed E-state index contributed by atoms with van der Waals surface area (Å²) in [5, 5.41) is 0. The molecule has 0 aromatic heterocycles. The fraction of sp³-hybridized carbons (Fsp3) is 0.500. The van der Waals surface area contributed by atoms with Gasteiger partial charge in [0.15, 0.2) is 11.5 Å². The van der Waals surface area contributed by atoms with Crippen molar-refractivity contribution in [3.8, 4) is 11.5 Å². The van der Waals surface area contributed by atoms with Crippen LogP contribution >= 0.6 is 24.0 Å². The SMILES string of the molecule is Cl.O=C(CCl)N1CCN(Cc2ccc3c(c2)OCO3)CC1. The Bertz CT molecular complexity index is 505. The van der Waals surface area contributed by atoms with Crippen molar-refractivity contribution in [3.05, 3.63) is 23.8 Å². The number of fused-ring (bicyclic) bond motifs is 1. The van der Waals surface area contributed by atoms with E-state index in [-0.39, 0.29) is 24.2 Å². The smallest absolute Gasteiger partial charge is 0.237 e. The summed E-state index contributed by atoms with van der Waals surface area (Å²) in [6.07, 6.45) is 0. The second-order valence-electron chi connectivity index (χ2n) is 4.98. The van der Waals surface area contributed by atoms with Crippen LogP contribution in [0.15, 0.2) is 18.2 Å². The van der Waals surface area contributed by atoms with E-state index in [1.807, 2.05) is 17.0 Å². The molecular formula is C14H18Cl2N2O3. The Labute approximate surface area is 135 Å². The molecule has 2 heterocycles. The highest BCUT2D eigenvalue weighted by Crippen LogP contribution is 2.32. The van der Waals surface area contributed by atoms with Gasteiger partial charge < -0.3 is 14.4 Å². The molecule has 1 aromatic carbocycles. The van der Waals surface area contributed by atoms with Crippen LogP contribution in [0.4, 0.5) is 0 Å². The first-order chi connectivity index (χ1) is 9.76. The zero-order valence-corrected chi connectivity index (χ0v) is 13.2. The second-order valence-corrected chi connectivity index (χ2v) is 5.25. The lowest BCUT2D eigenvalue weighted by atomic mass is 10.1. The number of carbonyl (C=O) groups excluding carboxylic acids is 1. The predicted molar refractivity (Wildman–Crippen MR) is 82.4 cm³/mol. The molecule has 116 valence electrons. The summed E-state index contributed by atoms with van der Waals surface area (Å²) in [6, 6.07) is 6.04. The van der Waals surface area contributed by atoms with Gasteiger partial charge in [0.05, 0.1) is 0 Å². The molecule has 2 aliphatic heterocycles. The van der Waals surface area contributed by atoms with Crippen molar-refractivity contribution in [2.24, 2.45) is 0 Å². The molecule has 21 heavy (non-hydrogen) atoms. The minimum atomic E-state index is 0. The van der Waals surface area contributed by atoms with Crippen molar-refractivity contribution >= 4 is 29.9 Å². The minimum Gasteiger partial charge on any atom is -0.454 e. The number of amides is 1. The summed E-state index contributed by atoms with van der Waals surface area (Å²) >= 11 is 5.58. The Morgan fingerprint density at radius 3 is 2.57 bits per heavy atom. The van der Waals surface area contributed by atoms with Crippen LogP contribution in [0.3, 0.4) is 0 Å². The van der Waals surface area contributed by atoms with Gasteiger partial charge in [0, 0.05) is 32.7 Å². The van der Waals surface area contributed by atoms with Crippen LogP contribution in [-0.4, -0.2) is 54.6 Å². The van der Waals surface area contributed by atoms with Gasteiger partial charge >= 0.3 is 0 Å². The molecule has 0 N–H and O–H groups in total. The van der Waals surface area contributed by atoms with Crippen molar-refractivity contribution in [1.82, 2.24) is 9.80 Å². The number of alkyl halides is 1. The molecule has 7 heteroatoms. The van der Waals surface area contributed by atoms with Gasteiger partial charge in [-0.05, 0) is 17.7 Å². The summed E-state index contributed by atoms with van der Waals surface area (Å²) in [5.41, 5.74) is 1.20. The molecule has 2 aliphatic rings. The average molecular weight is 333 g/mol. The maximum Gasteiger partial charge on any atom is 0.237 e. The third kappa shape index (κ3) is 3.73. The van der Waals surface area contributed by atoms with E-state index < -0.39 is 0 Å². The zero-order chi connectivity index (χ0) is 13.9. The van der Waals surface area contributed by atoms with Gasteiger partial charge in [0.1, 0.15) is 5.88 Å². The molecule has 1 aromatic rings. The van der Waals surface area contributed by atoms with Crippen LogP contribution in [0.2, 0.25) is 0 Å². The molecule has 1 saturated heterocycles. The highest BCUT2D eigenvalue weighted by Gasteiger charge is 2.21. The summed E-state index contributed by atoms with van der Waals surface area (Å²) in [6.45, 7) is 4.40. The number of halogens is 2. The first-order valence-corrected chi connectivity index (χ1v) is 7.24. The topological polar surface area (TPSA) is 42.0 Å². The van der Waals surface area contributed by atoms with Crippen LogP contribution in [0.25, 0.3) is 0 Å². The molecule has 0 atom stereocenters. The molecule has 0 spiro atoms. The number of hydrogen-bond acceptors (Lipinski definition) is 4. The Balaban J connectivity index is 0.00000161. The van der Waals surface area contributed by atoms with Crippen molar-refractivity contribution in [3.63, 3.8) is 0 Å². The Morgan fingerprint density at radius 2 is 1.86 bits per heavy atom. The van der Waals surface area contributed by atoms with E-state index in [2.05, 4.69) is 11.0 Å². The van der Waals surface area contributed by atoms with Crippen LogP contribution in [0.5, 0.6) is 11.5 Å². The van der Waals surface area contributed by atoms with Crippen molar-refractivity contribution in [1.29, 1.82) is 0 Å². The largest absolute Gasteiger partial charge is 0.454 e. The van der Waals surface area contributed by atoms with E-state index in [0.29, 0.717) is 6.79 Å². The maximum atomic E-state index is 11.5. The van der Waals surface area contributed by atoms with Gasteiger partial charge in [-0.2, -0.15) is 0 Å². The lowest BCUT2D eigenvalue weighted by molar-refractivity contribution is -0.130. The first kappa shape index (κ1) is 16.2. The van der Waals surface area contributed by atoms with Crippen molar-refractivity contribution in [2.75, 3.05) is 38.9 Å². The lowest BCUT2D eigenvalue weighted by Crippen LogP contribution is -2.48.